The Morgan fingerprint density at radius 1 is 1.12 bits per heavy atom. The first-order valence-corrected chi connectivity index (χ1v) is 9.52. The molecule has 136 valence electrons. The Morgan fingerprint density at radius 2 is 1.84 bits per heavy atom. The van der Waals surface area contributed by atoms with Crippen LogP contribution in [0.4, 0.5) is 0 Å². The third kappa shape index (κ3) is 4.60. The van der Waals surface area contributed by atoms with E-state index in [1.165, 1.54) is 11.1 Å². The predicted molar refractivity (Wildman–Crippen MR) is 98.0 cm³/mol. The van der Waals surface area contributed by atoms with Gasteiger partial charge in [0.1, 0.15) is 0 Å². The highest BCUT2D eigenvalue weighted by molar-refractivity contribution is 5.80. The molecule has 1 fully saturated rings. The molecule has 1 N–H and O–H groups in total. The molecule has 0 spiro atoms. The number of carbonyl (C=O) groups is 2. The summed E-state index contributed by atoms with van der Waals surface area (Å²) in [5.41, 5.74) is 2.87. The molecule has 1 aromatic rings. The van der Waals surface area contributed by atoms with Crippen LogP contribution in [0.15, 0.2) is 24.3 Å². The standard InChI is InChI=1S/C20H29N3O2/c1-2-19(24)23-12-8-17(9-13-23)20(25)21-10-14-22-11-7-16-5-3-4-6-18(16)15-22/h3-6,17H,2,7-15H2,1H3,(H,21,25). The lowest BCUT2D eigenvalue weighted by atomic mass is 9.95. The molecule has 25 heavy (non-hydrogen) atoms. The largest absolute Gasteiger partial charge is 0.355 e. The lowest BCUT2D eigenvalue weighted by Gasteiger charge is -2.32. The summed E-state index contributed by atoms with van der Waals surface area (Å²) >= 11 is 0. The maximum atomic E-state index is 12.4. The van der Waals surface area contributed by atoms with Crippen molar-refractivity contribution in [3.8, 4) is 0 Å². The zero-order valence-electron chi connectivity index (χ0n) is 15.2. The second kappa shape index (κ2) is 8.48. The van der Waals surface area contributed by atoms with Gasteiger partial charge in [-0.3, -0.25) is 14.5 Å². The average molecular weight is 343 g/mol. The molecule has 0 aromatic heterocycles. The van der Waals surface area contributed by atoms with Crippen molar-refractivity contribution in [3.63, 3.8) is 0 Å². The summed E-state index contributed by atoms with van der Waals surface area (Å²) in [5, 5.41) is 3.10. The second-order valence-corrected chi connectivity index (χ2v) is 7.09. The number of nitrogens with zero attached hydrogens (tertiary/aromatic N) is 2. The molecule has 3 rings (SSSR count). The van der Waals surface area contributed by atoms with E-state index in [4.69, 9.17) is 0 Å². The lowest BCUT2D eigenvalue weighted by Crippen LogP contribution is -2.44. The molecule has 1 aromatic carbocycles. The minimum Gasteiger partial charge on any atom is -0.355 e. The lowest BCUT2D eigenvalue weighted by molar-refractivity contribution is -0.135. The zero-order valence-corrected chi connectivity index (χ0v) is 15.2. The van der Waals surface area contributed by atoms with Crippen LogP contribution in [0.25, 0.3) is 0 Å². The summed E-state index contributed by atoms with van der Waals surface area (Å²) in [6.07, 6.45) is 3.22. The Kier molecular flexibility index (Phi) is 6.08. The van der Waals surface area contributed by atoms with Crippen molar-refractivity contribution >= 4 is 11.8 Å². The highest BCUT2D eigenvalue weighted by Gasteiger charge is 2.26. The van der Waals surface area contributed by atoms with Gasteiger partial charge in [-0.05, 0) is 30.4 Å². The number of benzene rings is 1. The van der Waals surface area contributed by atoms with Crippen LogP contribution in [-0.4, -0.2) is 54.3 Å². The van der Waals surface area contributed by atoms with E-state index in [1.54, 1.807) is 0 Å². The quantitative estimate of drug-likeness (QED) is 0.887. The molecule has 0 aliphatic carbocycles. The monoisotopic (exact) mass is 343 g/mol. The van der Waals surface area contributed by atoms with Crippen molar-refractivity contribution < 1.29 is 9.59 Å². The van der Waals surface area contributed by atoms with Crippen molar-refractivity contribution in [1.29, 1.82) is 0 Å². The van der Waals surface area contributed by atoms with E-state index in [-0.39, 0.29) is 17.7 Å². The molecule has 0 atom stereocenters. The van der Waals surface area contributed by atoms with Crippen LogP contribution >= 0.6 is 0 Å². The Morgan fingerprint density at radius 3 is 2.56 bits per heavy atom. The van der Waals surface area contributed by atoms with E-state index in [1.807, 2.05) is 11.8 Å². The number of hydrogen-bond donors (Lipinski definition) is 1. The first-order valence-electron chi connectivity index (χ1n) is 9.52. The van der Waals surface area contributed by atoms with E-state index < -0.39 is 0 Å². The van der Waals surface area contributed by atoms with Crippen molar-refractivity contribution in [1.82, 2.24) is 15.1 Å². The highest BCUT2D eigenvalue weighted by atomic mass is 16.2. The number of carbonyl (C=O) groups excluding carboxylic acids is 2. The van der Waals surface area contributed by atoms with E-state index in [0.717, 1.165) is 38.9 Å². The molecule has 2 aliphatic rings. The van der Waals surface area contributed by atoms with Crippen molar-refractivity contribution in [2.75, 3.05) is 32.7 Å². The van der Waals surface area contributed by atoms with Crippen molar-refractivity contribution in [3.05, 3.63) is 35.4 Å². The Labute approximate surface area is 150 Å². The van der Waals surface area contributed by atoms with Gasteiger partial charge in [0.15, 0.2) is 0 Å². The summed E-state index contributed by atoms with van der Waals surface area (Å²) in [6, 6.07) is 8.61. The van der Waals surface area contributed by atoms with Crippen molar-refractivity contribution in [2.45, 2.75) is 39.2 Å². The molecule has 0 saturated carbocycles. The zero-order chi connectivity index (χ0) is 17.6. The van der Waals surface area contributed by atoms with Crippen LogP contribution in [0.3, 0.4) is 0 Å². The van der Waals surface area contributed by atoms with E-state index >= 15 is 0 Å². The number of likely N-dealkylation sites (tertiary alicyclic amines) is 1. The third-order valence-corrected chi connectivity index (χ3v) is 5.46. The summed E-state index contributed by atoms with van der Waals surface area (Å²) < 4.78 is 0. The normalized spacial score (nSPS) is 18.7. The fourth-order valence-corrected chi connectivity index (χ4v) is 3.84. The van der Waals surface area contributed by atoms with E-state index in [2.05, 4.69) is 34.5 Å². The van der Waals surface area contributed by atoms with Gasteiger partial charge in [0.05, 0.1) is 0 Å². The molecular weight excluding hydrogens is 314 g/mol. The van der Waals surface area contributed by atoms with Crippen LogP contribution in [-0.2, 0) is 22.6 Å². The number of nitrogens with one attached hydrogen (secondary N) is 1. The summed E-state index contributed by atoms with van der Waals surface area (Å²) in [6.45, 7) is 6.96. The Balaban J connectivity index is 1.37. The van der Waals surface area contributed by atoms with Crippen LogP contribution in [0.2, 0.25) is 0 Å². The van der Waals surface area contributed by atoms with Gasteiger partial charge < -0.3 is 10.2 Å². The topological polar surface area (TPSA) is 52.7 Å². The summed E-state index contributed by atoms with van der Waals surface area (Å²) in [7, 11) is 0. The Bertz CT molecular complexity index is 609. The predicted octanol–water partition coefficient (Wildman–Crippen LogP) is 1.81. The highest BCUT2D eigenvalue weighted by Crippen LogP contribution is 2.19. The van der Waals surface area contributed by atoms with Gasteiger partial charge in [-0.15, -0.1) is 0 Å². The smallest absolute Gasteiger partial charge is 0.223 e. The molecule has 2 amide bonds. The molecule has 5 nitrogen and oxygen atoms in total. The SMILES string of the molecule is CCC(=O)N1CCC(C(=O)NCCN2CCc3ccccc3C2)CC1. The van der Waals surface area contributed by atoms with E-state index in [9.17, 15) is 9.59 Å². The van der Waals surface area contributed by atoms with Crippen LogP contribution in [0.5, 0.6) is 0 Å². The minimum atomic E-state index is 0.0583. The molecule has 2 heterocycles. The third-order valence-electron chi connectivity index (χ3n) is 5.46. The summed E-state index contributed by atoms with van der Waals surface area (Å²) in [5.74, 6) is 0.410. The van der Waals surface area contributed by atoms with Gasteiger partial charge in [0.2, 0.25) is 11.8 Å². The molecule has 5 heteroatoms. The molecular formula is C20H29N3O2. The maximum absolute atomic E-state index is 12.4. The Hall–Kier alpha value is -1.88. The second-order valence-electron chi connectivity index (χ2n) is 7.09. The summed E-state index contributed by atoms with van der Waals surface area (Å²) in [4.78, 5) is 28.3. The average Bonchev–Trinajstić information content (AvgIpc) is 2.67. The van der Waals surface area contributed by atoms with Gasteiger partial charge in [0, 0.05) is 51.6 Å². The van der Waals surface area contributed by atoms with E-state index in [0.29, 0.717) is 26.1 Å². The van der Waals surface area contributed by atoms with Crippen LogP contribution < -0.4 is 5.32 Å². The van der Waals surface area contributed by atoms with Crippen molar-refractivity contribution in [2.24, 2.45) is 5.92 Å². The molecule has 1 saturated heterocycles. The molecule has 2 aliphatic heterocycles. The molecule has 0 radical (unpaired) electrons. The fourth-order valence-electron chi connectivity index (χ4n) is 3.84. The fraction of sp³-hybridized carbons (Fsp3) is 0.600. The minimum absolute atomic E-state index is 0.0583. The first kappa shape index (κ1) is 17.9. The molecule has 0 bridgehead atoms. The number of piperidine rings is 1. The number of rotatable bonds is 5. The van der Waals surface area contributed by atoms with Gasteiger partial charge in [-0.2, -0.15) is 0 Å². The van der Waals surface area contributed by atoms with Crippen LogP contribution in [0, 0.1) is 5.92 Å². The van der Waals surface area contributed by atoms with Gasteiger partial charge in [0.25, 0.3) is 0 Å². The molecule has 0 unspecified atom stereocenters. The number of hydrogen-bond acceptors (Lipinski definition) is 3. The number of fused-ring (bicyclic) bond motifs is 1. The van der Waals surface area contributed by atoms with Crippen LogP contribution in [0.1, 0.15) is 37.3 Å². The number of amides is 2. The first-order chi connectivity index (χ1) is 12.2. The van der Waals surface area contributed by atoms with Gasteiger partial charge >= 0.3 is 0 Å². The maximum Gasteiger partial charge on any atom is 0.223 e. The van der Waals surface area contributed by atoms with Gasteiger partial charge in [-0.25, -0.2) is 0 Å². The van der Waals surface area contributed by atoms with Gasteiger partial charge in [-0.1, -0.05) is 31.2 Å².